The summed E-state index contributed by atoms with van der Waals surface area (Å²) in [7, 11) is 1.40. The zero-order valence-corrected chi connectivity index (χ0v) is 14.7. The molecule has 0 bridgehead atoms. The molecule has 0 fully saturated rings. The maximum absolute atomic E-state index is 11.5. The van der Waals surface area contributed by atoms with Crippen LogP contribution in [0.15, 0.2) is 59.9 Å². The highest BCUT2D eigenvalue weighted by Crippen LogP contribution is 2.21. The van der Waals surface area contributed by atoms with Crippen molar-refractivity contribution in [1.82, 2.24) is 0 Å². The van der Waals surface area contributed by atoms with Crippen LogP contribution in [-0.2, 0) is 21.0 Å². The minimum atomic E-state index is -1.08. The zero-order valence-electron chi connectivity index (χ0n) is 13.9. The molecule has 0 saturated carbocycles. The summed E-state index contributed by atoms with van der Waals surface area (Å²) in [6.07, 6.45) is 1.20. The molecule has 2 aromatic carbocycles. The lowest BCUT2D eigenvalue weighted by molar-refractivity contribution is -0.130. The number of benzene rings is 2. The van der Waals surface area contributed by atoms with Gasteiger partial charge >= 0.3 is 5.97 Å². The van der Waals surface area contributed by atoms with Gasteiger partial charge in [0.25, 0.3) is 0 Å². The predicted octanol–water partition coefficient (Wildman–Crippen LogP) is 4.35. The van der Waals surface area contributed by atoms with E-state index in [1.54, 1.807) is 37.3 Å². The van der Waals surface area contributed by atoms with Crippen molar-refractivity contribution in [3.63, 3.8) is 0 Å². The standard InChI is InChI=1S/C19H18ClNO4/c1-13(21-25-11-14-7-9-15(20)10-8-14)16-5-3-4-6-17(16)18(12-24-2)19(22)23/h3-10,12H,11H2,1-2H3,(H,22,23)/b18-12+,21-13?. The fraction of sp³-hybridized carbons (Fsp3) is 0.158. The van der Waals surface area contributed by atoms with Crippen LogP contribution in [-0.4, -0.2) is 23.9 Å². The highest BCUT2D eigenvalue weighted by molar-refractivity contribution is 6.30. The summed E-state index contributed by atoms with van der Waals surface area (Å²) in [5.41, 5.74) is 2.70. The number of ether oxygens (including phenoxy) is 1. The molecule has 0 aliphatic heterocycles. The first-order chi connectivity index (χ1) is 12.0. The monoisotopic (exact) mass is 359 g/mol. The molecule has 0 spiro atoms. The van der Waals surface area contributed by atoms with E-state index in [0.29, 0.717) is 21.9 Å². The topological polar surface area (TPSA) is 68.1 Å². The molecule has 0 amide bonds. The van der Waals surface area contributed by atoms with Gasteiger partial charge in [-0.15, -0.1) is 0 Å². The van der Waals surface area contributed by atoms with Gasteiger partial charge < -0.3 is 14.7 Å². The molecule has 5 nitrogen and oxygen atoms in total. The number of aliphatic carboxylic acids is 1. The first-order valence-corrected chi connectivity index (χ1v) is 7.87. The SMILES string of the molecule is CO/C=C(/C(=O)O)c1ccccc1C(C)=NOCc1ccc(Cl)cc1. The highest BCUT2D eigenvalue weighted by atomic mass is 35.5. The van der Waals surface area contributed by atoms with Gasteiger partial charge in [-0.3, -0.25) is 0 Å². The number of hydrogen-bond donors (Lipinski definition) is 1. The summed E-state index contributed by atoms with van der Waals surface area (Å²) in [4.78, 5) is 16.8. The van der Waals surface area contributed by atoms with Crippen molar-refractivity contribution in [3.8, 4) is 0 Å². The Morgan fingerprint density at radius 3 is 2.40 bits per heavy atom. The molecule has 0 aliphatic carbocycles. The number of halogens is 1. The fourth-order valence-corrected chi connectivity index (χ4v) is 2.34. The maximum Gasteiger partial charge on any atom is 0.339 e. The number of oxime groups is 1. The number of carboxylic acids is 1. The number of hydrogen-bond acceptors (Lipinski definition) is 4. The van der Waals surface area contributed by atoms with E-state index in [-0.39, 0.29) is 12.2 Å². The second kappa shape index (κ2) is 8.89. The molecular weight excluding hydrogens is 342 g/mol. The molecule has 0 radical (unpaired) electrons. The second-order valence-corrected chi connectivity index (χ2v) is 5.63. The van der Waals surface area contributed by atoms with Crippen LogP contribution in [0.25, 0.3) is 5.57 Å². The van der Waals surface area contributed by atoms with Gasteiger partial charge in [-0.25, -0.2) is 4.79 Å². The van der Waals surface area contributed by atoms with E-state index in [9.17, 15) is 9.90 Å². The Balaban J connectivity index is 2.21. The number of carbonyl (C=O) groups is 1. The highest BCUT2D eigenvalue weighted by Gasteiger charge is 2.16. The summed E-state index contributed by atoms with van der Waals surface area (Å²) < 4.78 is 4.88. The average molecular weight is 360 g/mol. The molecule has 25 heavy (non-hydrogen) atoms. The van der Waals surface area contributed by atoms with Gasteiger partial charge in [-0.2, -0.15) is 0 Å². The van der Waals surface area contributed by atoms with Crippen molar-refractivity contribution >= 4 is 28.9 Å². The lowest BCUT2D eigenvalue weighted by Crippen LogP contribution is -2.07. The van der Waals surface area contributed by atoms with E-state index in [0.717, 1.165) is 5.56 Å². The maximum atomic E-state index is 11.5. The van der Waals surface area contributed by atoms with Crippen LogP contribution in [0.5, 0.6) is 0 Å². The third-order valence-electron chi connectivity index (χ3n) is 3.42. The Bertz CT molecular complexity index is 797. The smallest absolute Gasteiger partial charge is 0.339 e. The quantitative estimate of drug-likeness (QED) is 0.345. The van der Waals surface area contributed by atoms with E-state index in [4.69, 9.17) is 21.2 Å². The van der Waals surface area contributed by atoms with Crippen LogP contribution < -0.4 is 0 Å². The largest absolute Gasteiger partial charge is 0.503 e. The zero-order chi connectivity index (χ0) is 18.2. The molecule has 0 heterocycles. The van der Waals surface area contributed by atoms with Crippen molar-refractivity contribution in [2.24, 2.45) is 5.16 Å². The predicted molar refractivity (Wildman–Crippen MR) is 97.5 cm³/mol. The molecule has 2 aromatic rings. The van der Waals surface area contributed by atoms with Crippen molar-refractivity contribution in [3.05, 3.63) is 76.5 Å². The van der Waals surface area contributed by atoms with Crippen LogP contribution in [0.2, 0.25) is 5.02 Å². The van der Waals surface area contributed by atoms with Crippen LogP contribution in [0.1, 0.15) is 23.6 Å². The number of rotatable bonds is 7. The fourth-order valence-electron chi connectivity index (χ4n) is 2.21. The number of carboxylic acid groups (broad SMARTS) is 1. The summed E-state index contributed by atoms with van der Waals surface area (Å²) in [6.45, 7) is 2.04. The molecule has 2 rings (SSSR count). The third kappa shape index (κ3) is 5.09. The summed E-state index contributed by atoms with van der Waals surface area (Å²) in [6, 6.07) is 14.3. The second-order valence-electron chi connectivity index (χ2n) is 5.19. The number of nitrogens with zero attached hydrogens (tertiary/aromatic N) is 1. The van der Waals surface area contributed by atoms with Crippen molar-refractivity contribution < 1.29 is 19.5 Å². The van der Waals surface area contributed by atoms with Gasteiger partial charge in [-0.05, 0) is 24.6 Å². The van der Waals surface area contributed by atoms with Gasteiger partial charge in [0.2, 0.25) is 0 Å². The van der Waals surface area contributed by atoms with Gasteiger partial charge in [0.05, 0.1) is 19.1 Å². The lowest BCUT2D eigenvalue weighted by atomic mass is 9.98. The average Bonchev–Trinajstić information content (AvgIpc) is 2.61. The van der Waals surface area contributed by atoms with E-state index in [1.807, 2.05) is 18.2 Å². The Hall–Kier alpha value is -2.79. The Kier molecular flexibility index (Phi) is 6.60. The van der Waals surface area contributed by atoms with Crippen LogP contribution in [0.3, 0.4) is 0 Å². The van der Waals surface area contributed by atoms with Crippen LogP contribution in [0.4, 0.5) is 0 Å². The van der Waals surface area contributed by atoms with E-state index < -0.39 is 5.97 Å². The van der Waals surface area contributed by atoms with E-state index in [2.05, 4.69) is 5.16 Å². The minimum absolute atomic E-state index is 0.0466. The van der Waals surface area contributed by atoms with E-state index >= 15 is 0 Å². The summed E-state index contributed by atoms with van der Waals surface area (Å²) in [5.74, 6) is -1.08. The molecule has 0 aliphatic rings. The molecule has 6 heteroatoms. The number of methoxy groups -OCH3 is 1. The molecule has 0 atom stereocenters. The van der Waals surface area contributed by atoms with Crippen LogP contribution >= 0.6 is 11.6 Å². The van der Waals surface area contributed by atoms with Crippen LogP contribution in [0, 0.1) is 0 Å². The summed E-state index contributed by atoms with van der Waals surface area (Å²) >= 11 is 5.84. The molecule has 130 valence electrons. The van der Waals surface area contributed by atoms with Crippen molar-refractivity contribution in [1.29, 1.82) is 0 Å². The molecule has 0 unspecified atom stereocenters. The molecule has 1 N–H and O–H groups in total. The van der Waals surface area contributed by atoms with Gasteiger partial charge in [0, 0.05) is 16.1 Å². The molecule has 0 aromatic heterocycles. The minimum Gasteiger partial charge on any atom is -0.503 e. The first-order valence-electron chi connectivity index (χ1n) is 7.50. The molecular formula is C19H18ClNO4. The normalized spacial score (nSPS) is 12.0. The Labute approximate surface area is 151 Å². The van der Waals surface area contributed by atoms with Crippen molar-refractivity contribution in [2.45, 2.75) is 13.5 Å². The Morgan fingerprint density at radius 2 is 1.80 bits per heavy atom. The molecule has 0 saturated heterocycles. The Morgan fingerprint density at radius 1 is 1.16 bits per heavy atom. The van der Waals surface area contributed by atoms with Crippen molar-refractivity contribution in [2.75, 3.05) is 7.11 Å². The lowest BCUT2D eigenvalue weighted by Gasteiger charge is -2.10. The first kappa shape index (κ1) is 18.5. The summed E-state index contributed by atoms with van der Waals surface area (Å²) in [5, 5.41) is 14.1. The third-order valence-corrected chi connectivity index (χ3v) is 3.67. The van der Waals surface area contributed by atoms with Gasteiger partial charge in [0.15, 0.2) is 0 Å². The van der Waals surface area contributed by atoms with E-state index in [1.165, 1.54) is 13.4 Å². The van der Waals surface area contributed by atoms with Gasteiger partial charge in [-0.1, -0.05) is 53.2 Å². The van der Waals surface area contributed by atoms with Gasteiger partial charge in [0.1, 0.15) is 12.2 Å².